The Morgan fingerprint density at radius 3 is 2.61 bits per heavy atom. The van der Waals surface area contributed by atoms with Crippen LogP contribution in [0, 0.1) is 6.92 Å². The van der Waals surface area contributed by atoms with Gasteiger partial charge in [-0.2, -0.15) is 0 Å². The van der Waals surface area contributed by atoms with Gasteiger partial charge < -0.3 is 10.2 Å². The highest BCUT2D eigenvalue weighted by atomic mass is 35.5. The van der Waals surface area contributed by atoms with Gasteiger partial charge in [-0.25, -0.2) is 0 Å². The van der Waals surface area contributed by atoms with Crippen LogP contribution >= 0.6 is 11.6 Å². The van der Waals surface area contributed by atoms with E-state index in [4.69, 9.17) is 16.7 Å². The maximum absolute atomic E-state index is 10.8. The fourth-order valence-electron chi connectivity index (χ4n) is 1.86. The van der Waals surface area contributed by atoms with Crippen LogP contribution in [0.1, 0.15) is 24.5 Å². The Morgan fingerprint density at radius 2 is 2.11 bits per heavy atom. The highest BCUT2D eigenvalue weighted by Gasteiger charge is 2.14. The van der Waals surface area contributed by atoms with Crippen molar-refractivity contribution in [2.45, 2.75) is 26.8 Å². The van der Waals surface area contributed by atoms with E-state index in [1.165, 1.54) is 0 Å². The third-order valence-corrected chi connectivity index (χ3v) is 2.93. The molecular weight excluding hydrogens is 254 g/mol. The molecule has 0 aliphatic rings. The summed E-state index contributed by atoms with van der Waals surface area (Å²) < 4.78 is 0. The second kappa shape index (κ2) is 6.61. The normalized spacial score (nSPS) is 10.9. The maximum Gasteiger partial charge on any atom is 0.317 e. The minimum absolute atomic E-state index is 0.0581. The number of hydrogen-bond donors (Lipinski definition) is 2. The molecule has 0 fully saturated rings. The molecule has 1 aromatic carbocycles. The zero-order valence-electron chi connectivity index (χ0n) is 10.6. The first-order chi connectivity index (χ1) is 8.43. The lowest BCUT2D eigenvalue weighted by atomic mass is 10.1. The minimum atomic E-state index is -0.883. The fraction of sp³-hybridized carbons (Fsp3) is 0.462. The lowest BCUT2D eigenvalue weighted by molar-refractivity contribution is -0.138. The highest BCUT2D eigenvalue weighted by molar-refractivity contribution is 6.31. The molecule has 18 heavy (non-hydrogen) atoms. The number of aryl methyl sites for hydroxylation is 1. The van der Waals surface area contributed by atoms with Gasteiger partial charge in [0.1, 0.15) is 5.75 Å². The van der Waals surface area contributed by atoms with Crippen molar-refractivity contribution in [2.75, 3.05) is 13.1 Å². The van der Waals surface area contributed by atoms with Crippen LogP contribution in [0.25, 0.3) is 0 Å². The van der Waals surface area contributed by atoms with E-state index < -0.39 is 5.97 Å². The Bertz CT molecular complexity index is 411. The van der Waals surface area contributed by atoms with Gasteiger partial charge in [-0.1, -0.05) is 18.5 Å². The standard InChI is InChI=1S/C13H18ClNO3/c1-3-4-15(8-13(17)18)7-10-11(14)5-9(2)6-12(10)16/h5-6,16H,3-4,7-8H2,1-2H3,(H,17,18). The summed E-state index contributed by atoms with van der Waals surface area (Å²) in [5, 5.41) is 19.2. The first-order valence-corrected chi connectivity index (χ1v) is 6.24. The molecule has 0 heterocycles. The highest BCUT2D eigenvalue weighted by Crippen LogP contribution is 2.28. The van der Waals surface area contributed by atoms with Crippen LogP contribution in [-0.4, -0.2) is 34.2 Å². The van der Waals surface area contributed by atoms with Gasteiger partial charge in [-0.05, 0) is 37.6 Å². The molecule has 5 heteroatoms. The molecule has 0 unspecified atom stereocenters. The van der Waals surface area contributed by atoms with Crippen LogP contribution in [0.4, 0.5) is 0 Å². The molecule has 100 valence electrons. The quantitative estimate of drug-likeness (QED) is 0.835. The average molecular weight is 272 g/mol. The van der Waals surface area contributed by atoms with Crippen LogP contribution in [0.2, 0.25) is 5.02 Å². The molecule has 4 nitrogen and oxygen atoms in total. The van der Waals surface area contributed by atoms with Crippen molar-refractivity contribution in [1.82, 2.24) is 4.90 Å². The molecule has 0 saturated heterocycles. The van der Waals surface area contributed by atoms with Crippen molar-refractivity contribution in [3.05, 3.63) is 28.3 Å². The van der Waals surface area contributed by atoms with Crippen molar-refractivity contribution < 1.29 is 15.0 Å². The molecule has 0 aliphatic heterocycles. The summed E-state index contributed by atoms with van der Waals surface area (Å²) in [7, 11) is 0. The number of phenolic OH excluding ortho intramolecular Hbond substituents is 1. The Morgan fingerprint density at radius 1 is 1.44 bits per heavy atom. The Balaban J connectivity index is 2.89. The summed E-state index contributed by atoms with van der Waals surface area (Å²) >= 11 is 6.08. The number of benzene rings is 1. The van der Waals surface area contributed by atoms with E-state index in [1.54, 1.807) is 17.0 Å². The molecule has 0 atom stereocenters. The fourth-order valence-corrected chi connectivity index (χ4v) is 2.18. The van der Waals surface area contributed by atoms with Gasteiger partial charge in [-0.3, -0.25) is 9.69 Å². The lowest BCUT2D eigenvalue weighted by Gasteiger charge is -2.21. The lowest BCUT2D eigenvalue weighted by Crippen LogP contribution is -2.30. The van der Waals surface area contributed by atoms with Crippen LogP contribution in [0.15, 0.2) is 12.1 Å². The number of nitrogens with zero attached hydrogens (tertiary/aromatic N) is 1. The summed E-state index contributed by atoms with van der Waals surface area (Å²) in [6.45, 7) is 4.75. The Labute approximate surface area is 112 Å². The predicted molar refractivity (Wildman–Crippen MR) is 71.1 cm³/mol. The minimum Gasteiger partial charge on any atom is -0.508 e. The third-order valence-electron chi connectivity index (χ3n) is 2.60. The number of rotatable bonds is 6. The zero-order chi connectivity index (χ0) is 13.7. The monoisotopic (exact) mass is 271 g/mol. The van der Waals surface area contributed by atoms with Crippen LogP contribution < -0.4 is 0 Å². The van der Waals surface area contributed by atoms with Gasteiger partial charge in [-0.15, -0.1) is 0 Å². The van der Waals surface area contributed by atoms with E-state index in [9.17, 15) is 9.90 Å². The second-order valence-corrected chi connectivity index (χ2v) is 4.76. The molecule has 0 radical (unpaired) electrons. The van der Waals surface area contributed by atoms with Crippen molar-refractivity contribution in [2.24, 2.45) is 0 Å². The maximum atomic E-state index is 10.8. The van der Waals surface area contributed by atoms with E-state index in [2.05, 4.69) is 0 Å². The number of aliphatic carboxylic acids is 1. The SMILES string of the molecule is CCCN(CC(=O)O)Cc1c(O)cc(C)cc1Cl. The number of carbonyl (C=O) groups is 1. The third kappa shape index (κ3) is 4.20. The molecule has 0 amide bonds. The molecule has 1 rings (SSSR count). The topological polar surface area (TPSA) is 60.8 Å². The van der Waals surface area contributed by atoms with Gasteiger partial charge in [0.2, 0.25) is 0 Å². The Kier molecular flexibility index (Phi) is 5.44. The summed E-state index contributed by atoms with van der Waals surface area (Å²) in [5.74, 6) is -0.766. The summed E-state index contributed by atoms with van der Waals surface area (Å²) in [5.41, 5.74) is 1.46. The molecule has 0 aliphatic carbocycles. The van der Waals surface area contributed by atoms with E-state index in [0.29, 0.717) is 23.7 Å². The number of phenols is 1. The first kappa shape index (κ1) is 14.8. The van der Waals surface area contributed by atoms with Crippen molar-refractivity contribution >= 4 is 17.6 Å². The summed E-state index contributed by atoms with van der Waals surface area (Å²) in [4.78, 5) is 12.5. The Hall–Kier alpha value is -1.26. The average Bonchev–Trinajstić information content (AvgIpc) is 2.22. The molecule has 0 bridgehead atoms. The van der Waals surface area contributed by atoms with Gasteiger partial charge in [0.15, 0.2) is 0 Å². The zero-order valence-corrected chi connectivity index (χ0v) is 11.4. The van der Waals surface area contributed by atoms with E-state index in [1.807, 2.05) is 13.8 Å². The summed E-state index contributed by atoms with van der Waals surface area (Å²) in [6.07, 6.45) is 0.845. The molecule has 0 spiro atoms. The number of aromatic hydroxyl groups is 1. The number of carboxylic acid groups (broad SMARTS) is 1. The molecule has 1 aromatic rings. The van der Waals surface area contributed by atoms with Crippen molar-refractivity contribution in [1.29, 1.82) is 0 Å². The van der Waals surface area contributed by atoms with E-state index in [0.717, 1.165) is 12.0 Å². The first-order valence-electron chi connectivity index (χ1n) is 5.86. The van der Waals surface area contributed by atoms with Gasteiger partial charge in [0, 0.05) is 17.1 Å². The van der Waals surface area contributed by atoms with Crippen LogP contribution in [-0.2, 0) is 11.3 Å². The second-order valence-electron chi connectivity index (χ2n) is 4.35. The number of halogens is 1. The predicted octanol–water partition coefficient (Wildman–Crippen LogP) is 2.65. The van der Waals surface area contributed by atoms with Crippen molar-refractivity contribution in [3.63, 3.8) is 0 Å². The van der Waals surface area contributed by atoms with E-state index >= 15 is 0 Å². The largest absolute Gasteiger partial charge is 0.508 e. The summed E-state index contributed by atoms with van der Waals surface area (Å²) in [6, 6.07) is 3.40. The van der Waals surface area contributed by atoms with Gasteiger partial charge in [0.05, 0.1) is 6.54 Å². The van der Waals surface area contributed by atoms with Gasteiger partial charge in [0.25, 0.3) is 0 Å². The smallest absolute Gasteiger partial charge is 0.317 e. The van der Waals surface area contributed by atoms with Crippen LogP contribution in [0.5, 0.6) is 5.75 Å². The molecule has 0 aromatic heterocycles. The molecular formula is C13H18ClNO3. The number of carboxylic acids is 1. The van der Waals surface area contributed by atoms with Crippen LogP contribution in [0.3, 0.4) is 0 Å². The van der Waals surface area contributed by atoms with E-state index in [-0.39, 0.29) is 12.3 Å². The molecule has 0 saturated carbocycles. The van der Waals surface area contributed by atoms with Gasteiger partial charge >= 0.3 is 5.97 Å². The van der Waals surface area contributed by atoms with Crippen molar-refractivity contribution in [3.8, 4) is 5.75 Å². The molecule has 2 N–H and O–H groups in total. The number of hydrogen-bond acceptors (Lipinski definition) is 3.